The molecule has 0 bridgehead atoms. The monoisotopic (exact) mass is 384 g/mol. The van der Waals surface area contributed by atoms with E-state index >= 15 is 0 Å². The zero-order valence-electron chi connectivity index (χ0n) is 15.1. The van der Waals surface area contributed by atoms with Crippen molar-refractivity contribution in [2.75, 3.05) is 26.3 Å². The maximum atomic E-state index is 12.6. The van der Waals surface area contributed by atoms with Gasteiger partial charge < -0.3 is 14.2 Å². The van der Waals surface area contributed by atoms with Crippen LogP contribution < -0.4 is 5.56 Å². The Bertz CT molecular complexity index is 1020. The largest absolute Gasteiger partial charge is 0.378 e. The Labute approximate surface area is 160 Å². The number of fused-ring (bicyclic) bond motifs is 1. The molecule has 0 unspecified atom stereocenters. The van der Waals surface area contributed by atoms with Gasteiger partial charge in [0.25, 0.3) is 11.5 Å². The lowest BCUT2D eigenvalue weighted by Gasteiger charge is -2.26. The molecule has 1 aliphatic rings. The number of amides is 1. The van der Waals surface area contributed by atoms with E-state index in [4.69, 9.17) is 4.74 Å². The molecule has 27 heavy (non-hydrogen) atoms. The summed E-state index contributed by atoms with van der Waals surface area (Å²) in [5, 5.41) is 0.911. The fourth-order valence-electron chi connectivity index (χ4n) is 2.69. The molecule has 1 saturated heterocycles. The van der Waals surface area contributed by atoms with Gasteiger partial charge in [-0.15, -0.1) is 24.5 Å². The van der Waals surface area contributed by atoms with Gasteiger partial charge in [-0.2, -0.15) is 0 Å². The number of pyridine rings is 1. The first kappa shape index (κ1) is 18.9. The Morgan fingerprint density at radius 2 is 1.93 bits per heavy atom. The van der Waals surface area contributed by atoms with Gasteiger partial charge in [0, 0.05) is 31.6 Å². The third kappa shape index (κ3) is 3.96. The van der Waals surface area contributed by atoms with Crippen LogP contribution in [0.4, 0.5) is 0 Å². The fourth-order valence-corrected chi connectivity index (χ4v) is 3.69. The zero-order chi connectivity index (χ0) is 19.4. The number of ether oxygens (including phenoxy) is 1. The highest BCUT2D eigenvalue weighted by molar-refractivity contribution is 7.20. The summed E-state index contributed by atoms with van der Waals surface area (Å²) >= 11 is 1.36. The molecule has 1 aliphatic heterocycles. The van der Waals surface area contributed by atoms with Crippen LogP contribution in [0, 0.1) is 0 Å². The molecule has 4 heterocycles. The van der Waals surface area contributed by atoms with Crippen molar-refractivity contribution < 1.29 is 9.53 Å². The van der Waals surface area contributed by atoms with Gasteiger partial charge in [0.05, 0.1) is 35.8 Å². The van der Waals surface area contributed by atoms with E-state index in [2.05, 4.69) is 23.1 Å². The van der Waals surface area contributed by atoms with Crippen molar-refractivity contribution in [3.63, 3.8) is 0 Å². The third-order valence-corrected chi connectivity index (χ3v) is 5.17. The lowest BCUT2D eigenvalue weighted by Crippen LogP contribution is -2.40. The third-order valence-electron chi connectivity index (χ3n) is 4.13. The number of carbonyl (C=O) groups excluding carboxylic acids is 1. The molecule has 0 spiro atoms. The number of nitrogens with zero attached hydrogens (tertiary/aromatic N) is 4. The molecule has 4 rings (SSSR count). The summed E-state index contributed by atoms with van der Waals surface area (Å²) < 4.78 is 6.70. The molecule has 0 atom stereocenters. The first-order valence-electron chi connectivity index (χ1n) is 8.42. The maximum Gasteiger partial charge on any atom is 0.264 e. The minimum Gasteiger partial charge on any atom is -0.378 e. The summed E-state index contributed by atoms with van der Waals surface area (Å²) in [5.74, 6) is 0.0135. The molecule has 0 saturated carbocycles. The van der Waals surface area contributed by atoms with Gasteiger partial charge in [0.2, 0.25) is 0 Å². The highest BCUT2D eigenvalue weighted by atomic mass is 32.1. The second-order valence-corrected chi connectivity index (χ2v) is 6.86. The molecule has 140 valence electrons. The number of carbonyl (C=O) groups is 1. The molecular formula is C19H20N4O3S. The molecule has 1 amide bonds. The van der Waals surface area contributed by atoms with Crippen LogP contribution >= 0.6 is 11.3 Å². The average Bonchev–Trinajstić information content (AvgIpc) is 3.15. The second-order valence-electron chi connectivity index (χ2n) is 5.83. The van der Waals surface area contributed by atoms with Crippen molar-refractivity contribution in [3.05, 3.63) is 59.0 Å². The molecule has 0 radical (unpaired) electrons. The molecular weight excluding hydrogens is 364 g/mol. The van der Waals surface area contributed by atoms with Crippen LogP contribution in [0.2, 0.25) is 0 Å². The summed E-state index contributed by atoms with van der Waals surface area (Å²) in [6.45, 7) is 8.38. The molecule has 3 aromatic rings. The lowest BCUT2D eigenvalue weighted by molar-refractivity contribution is 0.0306. The minimum absolute atomic E-state index is 0.0135. The van der Waals surface area contributed by atoms with Gasteiger partial charge in [-0.25, -0.2) is 9.97 Å². The van der Waals surface area contributed by atoms with Crippen molar-refractivity contribution in [1.29, 1.82) is 0 Å². The fraction of sp³-hybridized carbons (Fsp3) is 0.263. The van der Waals surface area contributed by atoms with E-state index in [0.717, 1.165) is 10.2 Å². The Morgan fingerprint density at radius 1 is 1.19 bits per heavy atom. The summed E-state index contributed by atoms with van der Waals surface area (Å²) in [5.41, 5.74) is 1.01. The van der Waals surface area contributed by atoms with E-state index < -0.39 is 0 Å². The van der Waals surface area contributed by atoms with Crippen LogP contribution in [-0.4, -0.2) is 51.6 Å². The van der Waals surface area contributed by atoms with Crippen molar-refractivity contribution in [2.24, 2.45) is 7.05 Å². The second kappa shape index (κ2) is 8.24. The quantitative estimate of drug-likeness (QED) is 0.634. The van der Waals surface area contributed by atoms with Gasteiger partial charge in [0.15, 0.2) is 0 Å². The van der Waals surface area contributed by atoms with E-state index in [9.17, 15) is 9.59 Å². The van der Waals surface area contributed by atoms with E-state index in [1.807, 2.05) is 18.2 Å². The summed E-state index contributed by atoms with van der Waals surface area (Å²) in [7, 11) is 1.65. The standard InChI is InChI=1S/C17H16N4O3S.C2H4/c1-20-10-18-13(9-15(20)22)12-3-2-11-8-14(25-16(11)19-12)17(23)21-4-6-24-7-5-21;1-2/h2-3,8-10H,4-7H2,1H3;1-2H2. The Hall–Kier alpha value is -2.84. The molecule has 3 aromatic heterocycles. The summed E-state index contributed by atoms with van der Waals surface area (Å²) in [4.78, 5) is 36.4. The number of thiophene rings is 1. The zero-order valence-corrected chi connectivity index (χ0v) is 15.9. The lowest BCUT2D eigenvalue weighted by atomic mass is 10.2. The number of aromatic nitrogens is 3. The Kier molecular flexibility index (Phi) is 5.78. The van der Waals surface area contributed by atoms with E-state index in [0.29, 0.717) is 42.6 Å². The van der Waals surface area contributed by atoms with Crippen LogP contribution in [0.1, 0.15) is 9.67 Å². The SMILES string of the molecule is C=C.Cn1cnc(-c2ccc3cc(C(=O)N4CCOCC4)sc3n2)cc1=O. The van der Waals surface area contributed by atoms with Crippen LogP contribution in [0.15, 0.2) is 48.5 Å². The van der Waals surface area contributed by atoms with Crippen molar-refractivity contribution >= 4 is 27.5 Å². The molecule has 7 nitrogen and oxygen atoms in total. The topological polar surface area (TPSA) is 77.3 Å². The smallest absolute Gasteiger partial charge is 0.264 e. The normalized spacial score (nSPS) is 13.9. The van der Waals surface area contributed by atoms with Crippen LogP contribution in [0.25, 0.3) is 21.6 Å². The van der Waals surface area contributed by atoms with E-state index in [1.54, 1.807) is 11.9 Å². The Morgan fingerprint density at radius 3 is 2.63 bits per heavy atom. The van der Waals surface area contributed by atoms with Crippen molar-refractivity contribution in [3.8, 4) is 11.4 Å². The van der Waals surface area contributed by atoms with Crippen LogP contribution in [-0.2, 0) is 11.8 Å². The number of rotatable bonds is 2. The number of hydrogen-bond donors (Lipinski definition) is 0. The highest BCUT2D eigenvalue weighted by Gasteiger charge is 2.21. The predicted octanol–water partition coefficient (Wildman–Crippen LogP) is 2.33. The van der Waals surface area contributed by atoms with Crippen molar-refractivity contribution in [2.45, 2.75) is 0 Å². The van der Waals surface area contributed by atoms with Gasteiger partial charge in [0.1, 0.15) is 4.83 Å². The summed E-state index contributed by atoms with van der Waals surface area (Å²) in [6, 6.07) is 7.05. The van der Waals surface area contributed by atoms with Crippen LogP contribution in [0.5, 0.6) is 0 Å². The van der Waals surface area contributed by atoms with Gasteiger partial charge >= 0.3 is 0 Å². The predicted molar refractivity (Wildman–Crippen MR) is 106 cm³/mol. The highest BCUT2D eigenvalue weighted by Crippen LogP contribution is 2.27. The number of aryl methyl sites for hydroxylation is 1. The van der Waals surface area contributed by atoms with Gasteiger partial charge in [-0.1, -0.05) is 0 Å². The molecule has 1 fully saturated rings. The molecule has 0 aromatic carbocycles. The Balaban J connectivity index is 0.00000102. The minimum atomic E-state index is -0.138. The average molecular weight is 384 g/mol. The first-order valence-corrected chi connectivity index (χ1v) is 9.24. The molecule has 0 N–H and O–H groups in total. The number of morpholine rings is 1. The molecule has 0 aliphatic carbocycles. The number of hydrogen-bond acceptors (Lipinski definition) is 6. The van der Waals surface area contributed by atoms with Crippen LogP contribution in [0.3, 0.4) is 0 Å². The molecule has 8 heteroatoms. The van der Waals surface area contributed by atoms with E-state index in [1.165, 1.54) is 28.3 Å². The van der Waals surface area contributed by atoms with Crippen molar-refractivity contribution in [1.82, 2.24) is 19.4 Å². The first-order chi connectivity index (χ1) is 13.1. The summed E-state index contributed by atoms with van der Waals surface area (Å²) in [6.07, 6.45) is 1.48. The van der Waals surface area contributed by atoms with E-state index in [-0.39, 0.29) is 11.5 Å². The van der Waals surface area contributed by atoms with Gasteiger partial charge in [-0.05, 0) is 18.2 Å². The maximum absolute atomic E-state index is 12.6. The van der Waals surface area contributed by atoms with Gasteiger partial charge in [-0.3, -0.25) is 9.59 Å².